The molecule has 0 spiro atoms. The van der Waals surface area contributed by atoms with Gasteiger partial charge in [-0.1, -0.05) is 145 Å². The van der Waals surface area contributed by atoms with Crippen LogP contribution in [0, 0.1) is 0 Å². The maximum absolute atomic E-state index is 3.89. The van der Waals surface area contributed by atoms with Crippen LogP contribution < -0.4 is 5.32 Å². The number of para-hydroxylation sites is 3. The summed E-state index contributed by atoms with van der Waals surface area (Å²) < 4.78 is 4.79. The Balaban J connectivity index is 0.953. The van der Waals surface area contributed by atoms with Crippen molar-refractivity contribution in [1.82, 2.24) is 9.13 Å². The molecule has 0 bridgehead atoms. The Morgan fingerprint density at radius 2 is 0.836 bits per heavy atom. The van der Waals surface area contributed by atoms with Crippen molar-refractivity contribution in [3.05, 3.63) is 218 Å². The first-order valence-electron chi connectivity index (χ1n) is 20.9. The van der Waals surface area contributed by atoms with Gasteiger partial charge in [-0.25, -0.2) is 0 Å². The highest BCUT2D eigenvalue weighted by molar-refractivity contribution is 8.00. The van der Waals surface area contributed by atoms with E-state index >= 15 is 0 Å². The Morgan fingerprint density at radius 1 is 0.361 bits per heavy atom. The third kappa shape index (κ3) is 5.39. The van der Waals surface area contributed by atoms with Crippen molar-refractivity contribution in [2.75, 3.05) is 5.32 Å². The predicted octanol–water partition coefficient (Wildman–Crippen LogP) is 15.7. The molecule has 0 saturated heterocycles. The van der Waals surface area contributed by atoms with Gasteiger partial charge >= 0.3 is 0 Å². The summed E-state index contributed by atoms with van der Waals surface area (Å²) in [5.74, 6) is 0. The molecular formula is C57H37N3S. The Bertz CT molecular complexity index is 3700. The zero-order chi connectivity index (χ0) is 40.0. The largest absolute Gasteiger partial charge is 0.368 e. The number of hydrogen-bond donors (Lipinski definition) is 1. The number of hydrogen-bond acceptors (Lipinski definition) is 2. The molecule has 3 nitrogen and oxygen atoms in total. The van der Waals surface area contributed by atoms with E-state index in [1.807, 2.05) is 11.8 Å². The highest BCUT2D eigenvalue weighted by Gasteiger charge is 2.25. The third-order valence-electron chi connectivity index (χ3n) is 12.7. The van der Waals surface area contributed by atoms with Crippen LogP contribution in [0.3, 0.4) is 0 Å². The average molecular weight is 796 g/mol. The zero-order valence-corrected chi connectivity index (χ0v) is 33.9. The molecule has 1 N–H and O–H groups in total. The fraction of sp³-hybridized carbons (Fsp3) is 0.0175. The molecule has 13 rings (SSSR count). The molecule has 2 aromatic heterocycles. The lowest BCUT2D eigenvalue weighted by atomic mass is 9.95. The van der Waals surface area contributed by atoms with Gasteiger partial charge in [0.15, 0.2) is 0 Å². The van der Waals surface area contributed by atoms with Crippen molar-refractivity contribution < 1.29 is 0 Å². The van der Waals surface area contributed by atoms with E-state index in [1.54, 1.807) is 0 Å². The molecule has 4 heteroatoms. The Hall–Kier alpha value is -7.53. The van der Waals surface area contributed by atoms with E-state index in [1.165, 1.54) is 109 Å². The molecule has 0 aliphatic carbocycles. The second-order valence-electron chi connectivity index (χ2n) is 16.1. The number of rotatable bonds is 5. The van der Waals surface area contributed by atoms with Crippen LogP contribution in [0.2, 0.25) is 0 Å². The normalized spacial score (nSPS) is 13.8. The lowest BCUT2D eigenvalue weighted by molar-refractivity contribution is 1.14. The summed E-state index contributed by atoms with van der Waals surface area (Å²) in [6, 6.07) is 78.0. The van der Waals surface area contributed by atoms with E-state index < -0.39 is 0 Å². The van der Waals surface area contributed by atoms with Crippen LogP contribution in [0.1, 0.15) is 10.9 Å². The van der Waals surface area contributed by atoms with Crippen LogP contribution in [0.15, 0.2) is 217 Å². The standard InChI is InChI=1S/C57H37N3S/c1-4-12-37(13-5-1)57-58-56-54(61-57)31-26-36-20-21-42-32-38(22-27-45(42)55(36)56)39-23-29-52-48(34-39)49-35-41(25-30-53(49)60(52)44-16-8-3-9-17-44)40-24-28-51-47(33-40)46-18-10-11-19-50(46)59(51)43-14-6-2-7-15-43/h1-35,57-58H. The minimum atomic E-state index is 0.200. The first-order valence-corrected chi connectivity index (χ1v) is 21.8. The quantitative estimate of drug-likeness (QED) is 0.175. The molecule has 10 aromatic carbocycles. The maximum atomic E-state index is 3.89. The molecule has 1 atom stereocenters. The molecule has 0 amide bonds. The first-order chi connectivity index (χ1) is 30.2. The summed E-state index contributed by atoms with van der Waals surface area (Å²) in [7, 11) is 0. The van der Waals surface area contributed by atoms with Gasteiger partial charge in [-0.15, -0.1) is 0 Å². The smallest absolute Gasteiger partial charge is 0.103 e. The summed E-state index contributed by atoms with van der Waals surface area (Å²) in [6.07, 6.45) is 0. The molecule has 61 heavy (non-hydrogen) atoms. The molecule has 1 aliphatic rings. The lowest BCUT2D eigenvalue weighted by Crippen LogP contribution is -2.01. The van der Waals surface area contributed by atoms with Gasteiger partial charge in [-0.05, 0) is 123 Å². The summed E-state index contributed by atoms with van der Waals surface area (Å²) in [4.78, 5) is 1.30. The second-order valence-corrected chi connectivity index (χ2v) is 17.3. The van der Waals surface area contributed by atoms with Gasteiger partial charge in [0.1, 0.15) is 5.37 Å². The summed E-state index contributed by atoms with van der Waals surface area (Å²) in [6.45, 7) is 0. The SMILES string of the molecule is c1ccc(C2Nc3c(ccc4ccc5cc(-c6ccc7c(c6)c6cc(-c8ccc9c(c8)c8ccccc8n9-c8ccccc8)ccc6n7-c6ccccc6)ccc5c34)S2)cc1. The van der Waals surface area contributed by atoms with Crippen molar-refractivity contribution in [3.63, 3.8) is 0 Å². The zero-order valence-electron chi connectivity index (χ0n) is 33.1. The molecule has 3 heterocycles. The third-order valence-corrected chi connectivity index (χ3v) is 13.9. The van der Waals surface area contributed by atoms with Crippen LogP contribution in [0.4, 0.5) is 5.69 Å². The second kappa shape index (κ2) is 13.5. The van der Waals surface area contributed by atoms with Gasteiger partial charge in [-0.3, -0.25) is 0 Å². The van der Waals surface area contributed by atoms with E-state index in [4.69, 9.17) is 0 Å². The van der Waals surface area contributed by atoms with E-state index in [2.05, 4.69) is 227 Å². The van der Waals surface area contributed by atoms with Crippen molar-refractivity contribution >= 4 is 82.6 Å². The molecule has 0 fully saturated rings. The van der Waals surface area contributed by atoms with Crippen molar-refractivity contribution in [2.45, 2.75) is 10.3 Å². The van der Waals surface area contributed by atoms with Crippen LogP contribution in [-0.4, -0.2) is 9.13 Å². The summed E-state index contributed by atoms with van der Waals surface area (Å²) in [5.41, 5.74) is 14.5. The van der Waals surface area contributed by atoms with E-state index in [-0.39, 0.29) is 5.37 Å². The number of nitrogens with zero attached hydrogens (tertiary/aromatic N) is 2. The van der Waals surface area contributed by atoms with Crippen LogP contribution in [0.25, 0.3) is 98.8 Å². The molecule has 1 unspecified atom stereocenters. The van der Waals surface area contributed by atoms with Crippen molar-refractivity contribution in [3.8, 4) is 33.6 Å². The molecule has 1 aliphatic heterocycles. The van der Waals surface area contributed by atoms with Crippen molar-refractivity contribution in [1.29, 1.82) is 0 Å². The van der Waals surface area contributed by atoms with Crippen LogP contribution >= 0.6 is 11.8 Å². The number of anilines is 1. The van der Waals surface area contributed by atoms with Gasteiger partial charge in [0, 0.05) is 43.2 Å². The monoisotopic (exact) mass is 795 g/mol. The average Bonchev–Trinajstić information content (AvgIpc) is 4.02. The maximum Gasteiger partial charge on any atom is 0.103 e. The van der Waals surface area contributed by atoms with E-state index in [9.17, 15) is 0 Å². The van der Waals surface area contributed by atoms with Gasteiger partial charge < -0.3 is 14.5 Å². The van der Waals surface area contributed by atoms with Crippen LogP contribution in [0.5, 0.6) is 0 Å². The summed E-state index contributed by atoms with van der Waals surface area (Å²) >= 11 is 1.90. The molecule has 286 valence electrons. The lowest BCUT2D eigenvalue weighted by Gasteiger charge is -2.13. The Labute approximate surface area is 357 Å². The van der Waals surface area contributed by atoms with Crippen molar-refractivity contribution in [2.24, 2.45) is 0 Å². The fourth-order valence-electron chi connectivity index (χ4n) is 9.87. The van der Waals surface area contributed by atoms with E-state index in [0.717, 1.165) is 5.69 Å². The molecule has 12 aromatic rings. The number of aromatic nitrogens is 2. The number of nitrogens with one attached hydrogen (secondary N) is 1. The highest BCUT2D eigenvalue weighted by Crippen LogP contribution is 2.51. The number of fused-ring (bicyclic) bond motifs is 11. The Kier molecular flexibility index (Phi) is 7.60. The Morgan fingerprint density at radius 3 is 1.46 bits per heavy atom. The fourth-order valence-corrected chi connectivity index (χ4v) is 11.0. The van der Waals surface area contributed by atoms with Gasteiger partial charge in [0.2, 0.25) is 0 Å². The predicted molar refractivity (Wildman–Crippen MR) is 260 cm³/mol. The van der Waals surface area contributed by atoms with E-state index in [0.29, 0.717) is 0 Å². The molecule has 0 radical (unpaired) electrons. The summed E-state index contributed by atoms with van der Waals surface area (Å²) in [5, 5.41) is 14.1. The van der Waals surface area contributed by atoms with Gasteiger partial charge in [-0.2, -0.15) is 0 Å². The van der Waals surface area contributed by atoms with Crippen LogP contribution in [-0.2, 0) is 0 Å². The molecule has 0 saturated carbocycles. The highest BCUT2D eigenvalue weighted by atomic mass is 32.2. The first kappa shape index (κ1) is 34.3. The topological polar surface area (TPSA) is 21.9 Å². The minimum absolute atomic E-state index is 0.200. The minimum Gasteiger partial charge on any atom is -0.368 e. The molecular weight excluding hydrogens is 759 g/mol. The van der Waals surface area contributed by atoms with Gasteiger partial charge in [0.05, 0.1) is 27.8 Å². The van der Waals surface area contributed by atoms with Gasteiger partial charge in [0.25, 0.3) is 0 Å². The number of thioether (sulfide) groups is 1. The number of benzene rings is 10.